The second-order valence-electron chi connectivity index (χ2n) is 6.25. The molecule has 1 aliphatic heterocycles. The minimum absolute atomic E-state index is 0.122. The summed E-state index contributed by atoms with van der Waals surface area (Å²) in [6.45, 7) is 2.46. The number of hydrogen-bond donors (Lipinski definition) is 1. The van der Waals surface area contributed by atoms with Crippen LogP contribution in [0, 0.1) is 6.92 Å². The van der Waals surface area contributed by atoms with Crippen molar-refractivity contribution in [3.63, 3.8) is 0 Å². The van der Waals surface area contributed by atoms with E-state index in [1.54, 1.807) is 11.1 Å². The first-order valence-electron chi connectivity index (χ1n) is 7.66. The van der Waals surface area contributed by atoms with Crippen LogP contribution < -0.4 is 0 Å². The number of carbonyl (C=O) groups excluding carboxylic acids is 1. The molecule has 0 aliphatic carbocycles. The maximum atomic E-state index is 12.8. The summed E-state index contributed by atoms with van der Waals surface area (Å²) in [4.78, 5) is 14.5. The van der Waals surface area contributed by atoms with Crippen molar-refractivity contribution in [2.24, 2.45) is 0 Å². The first kappa shape index (κ1) is 16.7. The van der Waals surface area contributed by atoms with Crippen molar-refractivity contribution in [2.75, 3.05) is 12.9 Å². The number of amides is 1. The molecule has 24 heavy (non-hydrogen) atoms. The maximum Gasteiger partial charge on any atom is 0.233 e. The van der Waals surface area contributed by atoms with Gasteiger partial charge in [-0.25, -0.2) is 4.21 Å². The fourth-order valence-corrected chi connectivity index (χ4v) is 3.61. The molecular weight excluding hydrogens is 326 g/mol. The molecule has 2 atom stereocenters. The van der Waals surface area contributed by atoms with Gasteiger partial charge in [-0.15, -0.1) is 0 Å². The number of carbonyl (C=O) groups is 1. The Morgan fingerprint density at radius 3 is 2.71 bits per heavy atom. The zero-order chi connectivity index (χ0) is 17.5. The van der Waals surface area contributed by atoms with E-state index in [2.05, 4.69) is 11.0 Å². The van der Waals surface area contributed by atoms with Crippen LogP contribution in [0.3, 0.4) is 0 Å². The minimum Gasteiger partial charge on any atom is -0.395 e. The molecular formula is C17H21N3O3S. The highest BCUT2D eigenvalue weighted by molar-refractivity contribution is 7.98. The number of aliphatic hydroxyl groups is 1. The van der Waals surface area contributed by atoms with Gasteiger partial charge in [0.05, 0.1) is 34.5 Å². The fraction of sp³-hybridized carbons (Fsp3) is 0.353. The van der Waals surface area contributed by atoms with Crippen LogP contribution in [-0.2, 0) is 27.6 Å². The monoisotopic (exact) mass is 347 g/mol. The quantitative estimate of drug-likeness (QED) is 0.835. The van der Waals surface area contributed by atoms with Crippen molar-refractivity contribution in [2.45, 2.75) is 25.9 Å². The van der Waals surface area contributed by atoms with E-state index < -0.39 is 15.6 Å². The van der Waals surface area contributed by atoms with E-state index in [1.807, 2.05) is 31.2 Å². The molecule has 1 aliphatic rings. The van der Waals surface area contributed by atoms with Gasteiger partial charge in [0.1, 0.15) is 0 Å². The van der Waals surface area contributed by atoms with Gasteiger partial charge in [0.2, 0.25) is 5.91 Å². The highest BCUT2D eigenvalue weighted by atomic mass is 32.2. The Balaban J connectivity index is 1.81. The lowest BCUT2D eigenvalue weighted by atomic mass is 9.94. The van der Waals surface area contributed by atoms with Crippen LogP contribution in [0.15, 0.2) is 30.5 Å². The van der Waals surface area contributed by atoms with E-state index in [1.165, 1.54) is 10.3 Å². The predicted octanol–water partition coefficient (Wildman–Crippen LogP) is 0.919. The molecule has 0 radical (unpaired) electrons. The number of aromatic nitrogens is 2. The summed E-state index contributed by atoms with van der Waals surface area (Å²) in [5.41, 5.74) is 3.44. The summed E-state index contributed by atoms with van der Waals surface area (Å²) in [6.07, 6.45) is 3.22. The Hall–Kier alpha value is -2.12. The number of nitrogens with zero attached hydrogens (tertiary/aromatic N) is 3. The highest BCUT2D eigenvalue weighted by Crippen LogP contribution is 2.28. The Morgan fingerprint density at radius 2 is 2.12 bits per heavy atom. The number of aliphatic hydroxyl groups excluding tert-OH is 1. The van der Waals surface area contributed by atoms with E-state index in [-0.39, 0.29) is 12.5 Å². The van der Waals surface area contributed by atoms with Gasteiger partial charge in [0.25, 0.3) is 0 Å². The molecule has 0 saturated carbocycles. The Morgan fingerprint density at radius 1 is 1.42 bits per heavy atom. The summed E-state index contributed by atoms with van der Waals surface area (Å²) in [5.74, 6) is 2.91. The third-order valence-corrected chi connectivity index (χ3v) is 5.29. The summed E-state index contributed by atoms with van der Waals surface area (Å²) in [5, 5.41) is 14.0. The molecule has 0 fully saturated rings. The summed E-state index contributed by atoms with van der Waals surface area (Å²) in [7, 11) is -2.43. The van der Waals surface area contributed by atoms with Crippen LogP contribution in [0.4, 0.5) is 0 Å². The van der Waals surface area contributed by atoms with E-state index in [9.17, 15) is 14.1 Å². The van der Waals surface area contributed by atoms with E-state index >= 15 is 0 Å². The SMILES string of the molecule is C=S(C)(=O)n1cc2c(n1)CN(C(=O)[C@H](CO)c1ccccc1C)C2. The van der Waals surface area contributed by atoms with Crippen molar-refractivity contribution in [1.29, 1.82) is 0 Å². The molecule has 128 valence electrons. The molecule has 1 unspecified atom stereocenters. The Kier molecular flexibility index (Phi) is 4.23. The highest BCUT2D eigenvalue weighted by Gasteiger charge is 2.32. The molecule has 1 amide bonds. The Labute approximate surface area is 141 Å². The number of fused-ring (bicyclic) bond motifs is 1. The van der Waals surface area contributed by atoms with Crippen LogP contribution in [0.2, 0.25) is 0 Å². The van der Waals surface area contributed by atoms with Crippen LogP contribution in [0.5, 0.6) is 0 Å². The second kappa shape index (κ2) is 6.07. The van der Waals surface area contributed by atoms with Crippen molar-refractivity contribution < 1.29 is 14.1 Å². The van der Waals surface area contributed by atoms with Crippen LogP contribution >= 0.6 is 0 Å². The lowest BCUT2D eigenvalue weighted by molar-refractivity contribution is -0.134. The first-order valence-corrected chi connectivity index (χ1v) is 9.76. The van der Waals surface area contributed by atoms with Gasteiger partial charge in [-0.1, -0.05) is 24.3 Å². The zero-order valence-electron chi connectivity index (χ0n) is 13.8. The number of hydrogen-bond acceptors (Lipinski definition) is 4. The molecule has 2 aromatic rings. The van der Waals surface area contributed by atoms with Crippen molar-refractivity contribution in [3.05, 3.63) is 52.8 Å². The average molecular weight is 347 g/mol. The average Bonchev–Trinajstić information content (AvgIpc) is 3.08. The number of aryl methyl sites for hydroxylation is 1. The molecule has 0 spiro atoms. The normalized spacial score (nSPS) is 17.4. The summed E-state index contributed by atoms with van der Waals surface area (Å²) < 4.78 is 13.3. The lowest BCUT2D eigenvalue weighted by Gasteiger charge is -2.23. The molecule has 3 rings (SSSR count). The van der Waals surface area contributed by atoms with Gasteiger partial charge in [0, 0.05) is 24.6 Å². The third kappa shape index (κ3) is 2.97. The van der Waals surface area contributed by atoms with Crippen molar-refractivity contribution in [3.8, 4) is 0 Å². The maximum absolute atomic E-state index is 12.8. The first-order chi connectivity index (χ1) is 11.3. The lowest BCUT2D eigenvalue weighted by Crippen LogP contribution is -2.33. The standard InChI is InChI=1S/C17H21N3O3S/c1-12-6-4-5-7-14(12)15(11-21)17(22)19-8-13-9-20(24(2,3)23)18-16(13)10-19/h4-7,9,15,21H,2,8,10-11H2,1,3H3/t15-,24?/m1/s1. The third-order valence-electron chi connectivity index (χ3n) is 4.31. The molecule has 6 nitrogen and oxygen atoms in total. The van der Waals surface area contributed by atoms with Crippen molar-refractivity contribution >= 4 is 21.5 Å². The number of benzene rings is 1. The smallest absolute Gasteiger partial charge is 0.233 e. The zero-order valence-corrected chi connectivity index (χ0v) is 14.6. The fourth-order valence-electron chi connectivity index (χ4n) is 2.99. The van der Waals surface area contributed by atoms with E-state index in [4.69, 9.17) is 0 Å². The second-order valence-corrected chi connectivity index (χ2v) is 8.54. The summed E-state index contributed by atoms with van der Waals surface area (Å²) >= 11 is 0. The summed E-state index contributed by atoms with van der Waals surface area (Å²) in [6, 6.07) is 7.58. The molecule has 2 heterocycles. The van der Waals surface area contributed by atoms with Crippen LogP contribution in [0.1, 0.15) is 28.3 Å². The largest absolute Gasteiger partial charge is 0.395 e. The van der Waals surface area contributed by atoms with Gasteiger partial charge in [-0.05, 0) is 23.9 Å². The minimum atomic E-state index is -2.43. The van der Waals surface area contributed by atoms with E-state index in [0.717, 1.165) is 22.4 Å². The van der Waals surface area contributed by atoms with Crippen LogP contribution in [-0.4, -0.2) is 48.0 Å². The van der Waals surface area contributed by atoms with Crippen LogP contribution in [0.25, 0.3) is 0 Å². The topological polar surface area (TPSA) is 75.4 Å². The van der Waals surface area contributed by atoms with Gasteiger partial charge in [-0.3, -0.25) is 4.79 Å². The predicted molar refractivity (Wildman–Crippen MR) is 94.1 cm³/mol. The van der Waals surface area contributed by atoms with Crippen molar-refractivity contribution in [1.82, 2.24) is 14.1 Å². The van der Waals surface area contributed by atoms with E-state index in [0.29, 0.717) is 13.1 Å². The van der Waals surface area contributed by atoms with Gasteiger partial charge in [0.15, 0.2) is 0 Å². The van der Waals surface area contributed by atoms with Gasteiger partial charge >= 0.3 is 0 Å². The molecule has 7 heteroatoms. The van der Waals surface area contributed by atoms with Gasteiger partial charge in [-0.2, -0.15) is 9.19 Å². The molecule has 1 aromatic heterocycles. The molecule has 1 N–H and O–H groups in total. The Bertz CT molecular complexity index is 863. The molecule has 0 bridgehead atoms. The van der Waals surface area contributed by atoms with Gasteiger partial charge < -0.3 is 10.0 Å². The number of rotatable bonds is 4. The molecule has 0 saturated heterocycles. The molecule has 1 aromatic carbocycles.